The number of hydrogen-bond acceptors (Lipinski definition) is 3. The lowest BCUT2D eigenvalue weighted by Crippen LogP contribution is -2.39. The monoisotopic (exact) mass is 431 g/mol. The Morgan fingerprint density at radius 2 is 1.89 bits per heavy atom. The lowest BCUT2D eigenvalue weighted by Gasteiger charge is -2.31. The zero-order chi connectivity index (χ0) is 19.4. The van der Waals surface area contributed by atoms with Gasteiger partial charge in [-0.25, -0.2) is 4.79 Å². The van der Waals surface area contributed by atoms with E-state index in [1.54, 1.807) is 4.90 Å². The number of alkyl halides is 1. The van der Waals surface area contributed by atoms with Crippen molar-refractivity contribution in [3.05, 3.63) is 64.7 Å². The first-order valence-corrected chi connectivity index (χ1v) is 10.3. The summed E-state index contributed by atoms with van der Waals surface area (Å²) in [4.78, 5) is 14.2. The molecule has 2 aromatic rings. The van der Waals surface area contributed by atoms with Crippen LogP contribution in [-0.2, 0) is 29.6 Å². The highest BCUT2D eigenvalue weighted by Crippen LogP contribution is 2.30. The van der Waals surface area contributed by atoms with Crippen molar-refractivity contribution in [2.45, 2.75) is 51.3 Å². The maximum Gasteiger partial charge on any atom is 0.410 e. The number of rotatable bonds is 4. The molecule has 0 N–H and O–H groups in total. The molecule has 1 amide bonds. The van der Waals surface area contributed by atoms with Gasteiger partial charge in [0.15, 0.2) is 0 Å². The maximum absolute atomic E-state index is 12.4. The molecular weight excluding hydrogens is 406 g/mol. The van der Waals surface area contributed by atoms with Crippen LogP contribution < -0.4 is 4.74 Å². The first-order chi connectivity index (χ1) is 12.9. The van der Waals surface area contributed by atoms with E-state index in [1.165, 1.54) is 5.56 Å². The van der Waals surface area contributed by atoms with Gasteiger partial charge < -0.3 is 14.4 Å². The molecule has 0 atom stereocenters. The smallest absolute Gasteiger partial charge is 0.410 e. The molecule has 5 heteroatoms. The predicted molar refractivity (Wildman–Crippen MR) is 110 cm³/mol. The van der Waals surface area contributed by atoms with Gasteiger partial charge in [-0.15, -0.1) is 0 Å². The van der Waals surface area contributed by atoms with Crippen LogP contribution in [0.2, 0.25) is 0 Å². The van der Waals surface area contributed by atoms with Crippen LogP contribution in [0.4, 0.5) is 4.79 Å². The topological polar surface area (TPSA) is 38.8 Å². The van der Waals surface area contributed by atoms with Crippen LogP contribution in [-0.4, -0.2) is 23.1 Å². The Bertz CT molecular complexity index is 799. The molecule has 27 heavy (non-hydrogen) atoms. The van der Waals surface area contributed by atoms with Crippen molar-refractivity contribution in [2.24, 2.45) is 0 Å². The second-order valence-electron chi connectivity index (χ2n) is 7.79. The van der Waals surface area contributed by atoms with Crippen LogP contribution in [0.1, 0.15) is 43.0 Å². The summed E-state index contributed by atoms with van der Waals surface area (Å²) in [6, 6.07) is 14.4. The van der Waals surface area contributed by atoms with Gasteiger partial charge in [0.2, 0.25) is 0 Å². The highest BCUT2D eigenvalue weighted by molar-refractivity contribution is 9.08. The summed E-state index contributed by atoms with van der Waals surface area (Å²) >= 11 is 3.57. The van der Waals surface area contributed by atoms with Gasteiger partial charge in [-0.2, -0.15) is 0 Å². The quantitative estimate of drug-likeness (QED) is 0.603. The summed E-state index contributed by atoms with van der Waals surface area (Å²) < 4.78 is 11.6. The van der Waals surface area contributed by atoms with Crippen LogP contribution in [0.5, 0.6) is 5.75 Å². The van der Waals surface area contributed by atoms with Crippen molar-refractivity contribution in [1.82, 2.24) is 4.90 Å². The molecule has 0 aliphatic carbocycles. The van der Waals surface area contributed by atoms with Crippen LogP contribution in [0.3, 0.4) is 0 Å². The minimum Gasteiger partial charge on any atom is -0.489 e. The average Bonchev–Trinajstić information content (AvgIpc) is 2.64. The van der Waals surface area contributed by atoms with E-state index in [4.69, 9.17) is 9.47 Å². The van der Waals surface area contributed by atoms with Gasteiger partial charge in [-0.1, -0.05) is 52.3 Å². The number of amides is 1. The van der Waals surface area contributed by atoms with Gasteiger partial charge in [0, 0.05) is 24.0 Å². The number of fused-ring (bicyclic) bond motifs is 1. The van der Waals surface area contributed by atoms with Crippen molar-refractivity contribution >= 4 is 22.0 Å². The molecular formula is C22H26BrNO3. The van der Waals surface area contributed by atoms with Gasteiger partial charge in [0.1, 0.15) is 18.0 Å². The molecule has 1 aliphatic rings. The summed E-state index contributed by atoms with van der Waals surface area (Å²) in [6.07, 6.45) is 0.567. The summed E-state index contributed by atoms with van der Waals surface area (Å²) in [6.45, 7) is 7.42. The van der Waals surface area contributed by atoms with Crippen molar-refractivity contribution in [1.29, 1.82) is 0 Å². The van der Waals surface area contributed by atoms with E-state index in [0.717, 1.165) is 34.2 Å². The molecule has 0 fully saturated rings. The van der Waals surface area contributed by atoms with Crippen LogP contribution in [0.25, 0.3) is 0 Å². The van der Waals surface area contributed by atoms with Gasteiger partial charge in [-0.05, 0) is 49.9 Å². The molecule has 1 aliphatic heterocycles. The third kappa shape index (κ3) is 5.25. The molecule has 0 radical (unpaired) electrons. The summed E-state index contributed by atoms with van der Waals surface area (Å²) in [5, 5.41) is 0.736. The average molecular weight is 432 g/mol. The Hall–Kier alpha value is -2.01. The van der Waals surface area contributed by atoms with E-state index >= 15 is 0 Å². The van der Waals surface area contributed by atoms with Gasteiger partial charge in [-0.3, -0.25) is 0 Å². The van der Waals surface area contributed by atoms with Crippen LogP contribution in [0.15, 0.2) is 42.5 Å². The van der Waals surface area contributed by atoms with Gasteiger partial charge in [0.05, 0.1) is 0 Å². The number of hydrogen-bond donors (Lipinski definition) is 0. The Kier molecular flexibility index (Phi) is 6.10. The molecule has 0 spiro atoms. The molecule has 0 aromatic heterocycles. The lowest BCUT2D eigenvalue weighted by atomic mass is 9.97. The first-order valence-electron chi connectivity index (χ1n) is 9.21. The highest BCUT2D eigenvalue weighted by Gasteiger charge is 2.26. The molecule has 0 unspecified atom stereocenters. The summed E-state index contributed by atoms with van der Waals surface area (Å²) in [5.74, 6) is 0.862. The molecule has 0 saturated carbocycles. The fraction of sp³-hybridized carbons (Fsp3) is 0.409. The zero-order valence-electron chi connectivity index (χ0n) is 16.1. The molecule has 0 saturated heterocycles. The Morgan fingerprint density at radius 1 is 1.15 bits per heavy atom. The van der Waals surface area contributed by atoms with Crippen molar-refractivity contribution in [3.8, 4) is 5.75 Å². The number of halogens is 1. The second kappa shape index (κ2) is 8.34. The van der Waals surface area contributed by atoms with E-state index in [1.807, 2.05) is 39.0 Å². The van der Waals surface area contributed by atoms with Crippen LogP contribution in [0, 0.1) is 0 Å². The largest absolute Gasteiger partial charge is 0.489 e. The molecule has 0 bridgehead atoms. The SMILES string of the molecule is CC(C)(C)OC(=O)N1CCc2cc(CBr)c(OCc3ccccc3)cc2C1. The van der Waals surface area contributed by atoms with Crippen molar-refractivity contribution in [2.75, 3.05) is 6.54 Å². The van der Waals surface area contributed by atoms with Crippen molar-refractivity contribution in [3.63, 3.8) is 0 Å². The first kappa shape index (κ1) is 19.7. The summed E-state index contributed by atoms with van der Waals surface area (Å²) in [7, 11) is 0. The number of ether oxygens (including phenoxy) is 2. The molecule has 1 heterocycles. The Morgan fingerprint density at radius 3 is 2.56 bits per heavy atom. The Labute approximate surface area is 169 Å². The van der Waals surface area contributed by atoms with Crippen LogP contribution >= 0.6 is 15.9 Å². The minimum atomic E-state index is -0.485. The number of nitrogens with zero attached hydrogens (tertiary/aromatic N) is 1. The third-order valence-corrected chi connectivity index (χ3v) is 5.03. The van der Waals surface area contributed by atoms with Crippen molar-refractivity contribution < 1.29 is 14.3 Å². The van der Waals surface area contributed by atoms with Gasteiger partial charge >= 0.3 is 6.09 Å². The van der Waals surface area contributed by atoms with E-state index in [-0.39, 0.29) is 6.09 Å². The zero-order valence-corrected chi connectivity index (χ0v) is 17.7. The van der Waals surface area contributed by atoms with E-state index in [2.05, 4.69) is 40.2 Å². The van der Waals surface area contributed by atoms with E-state index in [0.29, 0.717) is 19.7 Å². The molecule has 3 rings (SSSR count). The Balaban J connectivity index is 1.76. The summed E-state index contributed by atoms with van der Waals surface area (Å²) in [5.41, 5.74) is 4.18. The molecule has 2 aromatic carbocycles. The minimum absolute atomic E-state index is 0.260. The number of carbonyl (C=O) groups excluding carboxylic acids is 1. The standard InChI is InChI=1S/C22H26BrNO3/c1-22(2,3)27-21(25)24-10-9-17-11-18(13-23)20(12-19(17)14-24)26-15-16-7-5-4-6-8-16/h4-8,11-12H,9-10,13-15H2,1-3H3. The fourth-order valence-corrected chi connectivity index (χ4v) is 3.53. The highest BCUT2D eigenvalue weighted by atomic mass is 79.9. The molecule has 144 valence electrons. The van der Waals surface area contributed by atoms with E-state index < -0.39 is 5.60 Å². The van der Waals surface area contributed by atoms with E-state index in [9.17, 15) is 4.79 Å². The lowest BCUT2D eigenvalue weighted by molar-refractivity contribution is 0.0223. The number of carbonyl (C=O) groups is 1. The normalized spacial score (nSPS) is 13.9. The fourth-order valence-electron chi connectivity index (χ4n) is 3.09. The maximum atomic E-state index is 12.4. The molecule has 4 nitrogen and oxygen atoms in total. The third-order valence-electron chi connectivity index (χ3n) is 4.43. The predicted octanol–water partition coefficient (Wildman–Crippen LogP) is 5.45. The van der Waals surface area contributed by atoms with Gasteiger partial charge in [0.25, 0.3) is 0 Å². The second-order valence-corrected chi connectivity index (χ2v) is 8.35. The number of benzene rings is 2.